The highest BCUT2D eigenvalue weighted by Crippen LogP contribution is 2.17. The van der Waals surface area contributed by atoms with E-state index in [0.29, 0.717) is 12.1 Å². The standard InChI is InChI=1S/C15H26N2O2/c1-15(2,3)19-14(18)17-10-6-9-13(11-17)16-12-7-4-5-8-12/h4-5,12-13,16H,6-11H2,1-3H3/t13-/m0/s1. The number of carbonyl (C=O) groups is 1. The van der Waals surface area contributed by atoms with Gasteiger partial charge in [-0.25, -0.2) is 4.79 Å². The summed E-state index contributed by atoms with van der Waals surface area (Å²) in [4.78, 5) is 13.9. The maximum absolute atomic E-state index is 12.1. The Morgan fingerprint density at radius 1 is 1.26 bits per heavy atom. The van der Waals surface area contributed by atoms with Gasteiger partial charge in [0.1, 0.15) is 5.60 Å². The first-order valence-electron chi connectivity index (χ1n) is 7.33. The van der Waals surface area contributed by atoms with E-state index in [1.165, 1.54) is 0 Å². The van der Waals surface area contributed by atoms with Gasteiger partial charge in [0.05, 0.1) is 0 Å². The molecule has 2 aliphatic rings. The van der Waals surface area contributed by atoms with Crippen LogP contribution in [-0.4, -0.2) is 41.8 Å². The van der Waals surface area contributed by atoms with Gasteiger partial charge in [-0.15, -0.1) is 0 Å². The zero-order chi connectivity index (χ0) is 13.9. The van der Waals surface area contributed by atoms with Crippen LogP contribution in [0.2, 0.25) is 0 Å². The Kier molecular flexibility index (Phi) is 4.50. The zero-order valence-corrected chi connectivity index (χ0v) is 12.3. The molecular weight excluding hydrogens is 240 g/mol. The molecule has 0 aromatic heterocycles. The molecule has 1 aliphatic carbocycles. The van der Waals surface area contributed by atoms with Crippen molar-refractivity contribution < 1.29 is 9.53 Å². The number of likely N-dealkylation sites (tertiary alicyclic amines) is 1. The fourth-order valence-electron chi connectivity index (χ4n) is 2.69. The summed E-state index contributed by atoms with van der Waals surface area (Å²) in [5.74, 6) is 0. The molecule has 19 heavy (non-hydrogen) atoms. The third-order valence-electron chi connectivity index (χ3n) is 3.55. The van der Waals surface area contributed by atoms with Crippen LogP contribution in [0.1, 0.15) is 46.5 Å². The van der Waals surface area contributed by atoms with Crippen molar-refractivity contribution in [1.29, 1.82) is 0 Å². The summed E-state index contributed by atoms with van der Waals surface area (Å²) in [6.45, 7) is 7.32. The molecule has 0 unspecified atom stereocenters. The quantitative estimate of drug-likeness (QED) is 0.781. The van der Waals surface area contributed by atoms with Gasteiger partial charge in [0.2, 0.25) is 0 Å². The molecule has 0 radical (unpaired) electrons. The van der Waals surface area contributed by atoms with Crippen molar-refractivity contribution >= 4 is 6.09 Å². The Morgan fingerprint density at radius 2 is 1.95 bits per heavy atom. The predicted molar refractivity (Wildman–Crippen MR) is 76.1 cm³/mol. The lowest BCUT2D eigenvalue weighted by molar-refractivity contribution is 0.0183. The molecule has 1 N–H and O–H groups in total. The van der Waals surface area contributed by atoms with Crippen LogP contribution in [0.25, 0.3) is 0 Å². The third kappa shape index (κ3) is 4.53. The number of hydrogen-bond donors (Lipinski definition) is 1. The molecule has 0 aromatic carbocycles. The van der Waals surface area contributed by atoms with Crippen molar-refractivity contribution in [3.05, 3.63) is 12.2 Å². The summed E-state index contributed by atoms with van der Waals surface area (Å²) in [5, 5.41) is 3.65. The lowest BCUT2D eigenvalue weighted by atomic mass is 10.0. The fraction of sp³-hybridized carbons (Fsp3) is 0.800. The molecule has 1 saturated heterocycles. The van der Waals surface area contributed by atoms with Crippen LogP contribution in [0.15, 0.2) is 12.2 Å². The molecule has 1 aliphatic heterocycles. The van der Waals surface area contributed by atoms with Gasteiger partial charge in [-0.1, -0.05) is 12.2 Å². The maximum atomic E-state index is 12.1. The molecule has 1 atom stereocenters. The molecule has 0 spiro atoms. The molecule has 2 rings (SSSR count). The SMILES string of the molecule is CC(C)(C)OC(=O)N1CCC[C@H](NC2CC=CC2)C1. The van der Waals surface area contributed by atoms with Crippen LogP contribution in [-0.2, 0) is 4.74 Å². The molecule has 1 heterocycles. The molecule has 1 amide bonds. The molecule has 0 aromatic rings. The van der Waals surface area contributed by atoms with E-state index in [0.717, 1.165) is 38.8 Å². The fourth-order valence-corrected chi connectivity index (χ4v) is 2.69. The maximum Gasteiger partial charge on any atom is 0.410 e. The lowest BCUT2D eigenvalue weighted by Crippen LogP contribution is -2.51. The number of nitrogens with zero attached hydrogens (tertiary/aromatic N) is 1. The van der Waals surface area contributed by atoms with Crippen molar-refractivity contribution in [3.8, 4) is 0 Å². The number of piperidine rings is 1. The van der Waals surface area contributed by atoms with Crippen LogP contribution < -0.4 is 5.32 Å². The molecule has 1 fully saturated rings. The van der Waals surface area contributed by atoms with E-state index >= 15 is 0 Å². The minimum Gasteiger partial charge on any atom is -0.444 e. The number of carbonyl (C=O) groups excluding carboxylic acids is 1. The second kappa shape index (κ2) is 5.95. The normalized spacial score (nSPS) is 24.8. The van der Waals surface area contributed by atoms with Gasteiger partial charge in [0, 0.05) is 25.2 Å². The van der Waals surface area contributed by atoms with E-state index in [1.807, 2.05) is 25.7 Å². The summed E-state index contributed by atoms with van der Waals surface area (Å²) in [6.07, 6.45) is 8.71. The highest BCUT2D eigenvalue weighted by molar-refractivity contribution is 5.68. The topological polar surface area (TPSA) is 41.6 Å². The Bertz CT molecular complexity index is 339. The van der Waals surface area contributed by atoms with Crippen LogP contribution in [0.4, 0.5) is 4.79 Å². The molecule has 4 heteroatoms. The summed E-state index contributed by atoms with van der Waals surface area (Å²) in [7, 11) is 0. The third-order valence-corrected chi connectivity index (χ3v) is 3.55. The van der Waals surface area contributed by atoms with Gasteiger partial charge >= 0.3 is 6.09 Å². The van der Waals surface area contributed by atoms with Crippen molar-refractivity contribution in [1.82, 2.24) is 10.2 Å². The van der Waals surface area contributed by atoms with Gasteiger partial charge < -0.3 is 15.0 Å². The van der Waals surface area contributed by atoms with Gasteiger partial charge in [0.25, 0.3) is 0 Å². The van der Waals surface area contributed by atoms with Crippen LogP contribution in [0, 0.1) is 0 Å². The molecule has 108 valence electrons. The first kappa shape index (κ1) is 14.4. The van der Waals surface area contributed by atoms with E-state index in [9.17, 15) is 4.79 Å². The second-order valence-electron chi connectivity index (χ2n) is 6.57. The van der Waals surface area contributed by atoms with E-state index < -0.39 is 5.60 Å². The Hall–Kier alpha value is -1.03. The van der Waals surface area contributed by atoms with Gasteiger partial charge in [-0.05, 0) is 46.5 Å². The molecule has 0 saturated carbocycles. The summed E-state index contributed by atoms with van der Waals surface area (Å²) >= 11 is 0. The van der Waals surface area contributed by atoms with E-state index in [4.69, 9.17) is 4.74 Å². The molecular formula is C15H26N2O2. The lowest BCUT2D eigenvalue weighted by Gasteiger charge is -2.35. The smallest absolute Gasteiger partial charge is 0.410 e. The second-order valence-corrected chi connectivity index (χ2v) is 6.57. The van der Waals surface area contributed by atoms with Gasteiger partial charge in [-0.3, -0.25) is 0 Å². The number of nitrogens with one attached hydrogen (secondary N) is 1. The highest BCUT2D eigenvalue weighted by Gasteiger charge is 2.28. The first-order chi connectivity index (χ1) is 8.94. The Balaban J connectivity index is 1.81. The molecule has 0 bridgehead atoms. The minimum atomic E-state index is -0.410. The predicted octanol–water partition coefficient (Wildman–Crippen LogP) is 2.69. The number of ether oxygens (including phenoxy) is 1. The van der Waals surface area contributed by atoms with Gasteiger partial charge in [0.15, 0.2) is 0 Å². The summed E-state index contributed by atoms with van der Waals surface area (Å²) in [6, 6.07) is 0.967. The largest absolute Gasteiger partial charge is 0.444 e. The average molecular weight is 266 g/mol. The van der Waals surface area contributed by atoms with E-state index in [2.05, 4.69) is 17.5 Å². The number of rotatable bonds is 2. The highest BCUT2D eigenvalue weighted by atomic mass is 16.6. The monoisotopic (exact) mass is 266 g/mol. The van der Waals surface area contributed by atoms with Crippen molar-refractivity contribution in [2.24, 2.45) is 0 Å². The zero-order valence-electron chi connectivity index (χ0n) is 12.3. The van der Waals surface area contributed by atoms with E-state index in [-0.39, 0.29) is 6.09 Å². The average Bonchev–Trinajstić information content (AvgIpc) is 2.80. The van der Waals surface area contributed by atoms with Crippen LogP contribution >= 0.6 is 0 Å². The minimum absolute atomic E-state index is 0.177. The summed E-state index contributed by atoms with van der Waals surface area (Å²) < 4.78 is 5.44. The number of amides is 1. The van der Waals surface area contributed by atoms with Crippen molar-refractivity contribution in [3.63, 3.8) is 0 Å². The van der Waals surface area contributed by atoms with Crippen molar-refractivity contribution in [2.45, 2.75) is 64.1 Å². The Morgan fingerprint density at radius 3 is 2.58 bits per heavy atom. The molecule has 4 nitrogen and oxygen atoms in total. The van der Waals surface area contributed by atoms with Crippen LogP contribution in [0.3, 0.4) is 0 Å². The van der Waals surface area contributed by atoms with Crippen LogP contribution in [0.5, 0.6) is 0 Å². The Labute approximate surface area is 116 Å². The van der Waals surface area contributed by atoms with Gasteiger partial charge in [-0.2, -0.15) is 0 Å². The first-order valence-corrected chi connectivity index (χ1v) is 7.33. The van der Waals surface area contributed by atoms with Crippen molar-refractivity contribution in [2.75, 3.05) is 13.1 Å². The summed E-state index contributed by atoms with van der Waals surface area (Å²) in [5.41, 5.74) is -0.410. The van der Waals surface area contributed by atoms with E-state index in [1.54, 1.807) is 0 Å². The number of hydrogen-bond acceptors (Lipinski definition) is 3.